The Balaban J connectivity index is 1.65. The highest BCUT2D eigenvalue weighted by molar-refractivity contribution is 6.33. The quantitative estimate of drug-likeness (QED) is 0.816. The lowest BCUT2D eigenvalue weighted by Gasteiger charge is -2.15. The first-order valence-electron chi connectivity index (χ1n) is 6.91. The lowest BCUT2D eigenvalue weighted by atomic mass is 9.99. The zero-order valence-electron chi connectivity index (χ0n) is 10.5. The SMILES string of the molecule is O=C1Cc2cc(C(Cl)C3C4CCCC43)c(Cl)cc2N1. The van der Waals surface area contributed by atoms with Crippen molar-refractivity contribution in [3.05, 3.63) is 28.3 Å². The molecule has 1 aromatic rings. The van der Waals surface area contributed by atoms with E-state index in [0.717, 1.165) is 28.7 Å². The molecule has 0 saturated heterocycles. The Morgan fingerprint density at radius 3 is 2.74 bits per heavy atom. The van der Waals surface area contributed by atoms with Crippen LogP contribution in [0.15, 0.2) is 12.1 Å². The van der Waals surface area contributed by atoms with E-state index in [9.17, 15) is 4.79 Å². The molecule has 2 saturated carbocycles. The van der Waals surface area contributed by atoms with Crippen LogP contribution in [0.2, 0.25) is 5.02 Å². The fraction of sp³-hybridized carbons (Fsp3) is 0.533. The fourth-order valence-electron chi connectivity index (χ4n) is 4.00. The van der Waals surface area contributed by atoms with Crippen molar-refractivity contribution in [3.63, 3.8) is 0 Å². The van der Waals surface area contributed by atoms with E-state index in [-0.39, 0.29) is 11.3 Å². The Kier molecular flexibility index (Phi) is 2.62. The molecule has 3 atom stereocenters. The predicted molar refractivity (Wildman–Crippen MR) is 76.7 cm³/mol. The van der Waals surface area contributed by atoms with Crippen LogP contribution in [0.5, 0.6) is 0 Å². The number of hydrogen-bond donors (Lipinski definition) is 1. The maximum absolute atomic E-state index is 11.4. The number of hydrogen-bond acceptors (Lipinski definition) is 1. The number of amides is 1. The van der Waals surface area contributed by atoms with Crippen molar-refractivity contribution in [1.29, 1.82) is 0 Å². The van der Waals surface area contributed by atoms with Crippen LogP contribution in [0.1, 0.15) is 35.8 Å². The molecule has 1 aliphatic heterocycles. The highest BCUT2D eigenvalue weighted by Crippen LogP contribution is 2.64. The number of carbonyl (C=O) groups is 1. The number of nitrogens with one attached hydrogen (secondary N) is 1. The van der Waals surface area contributed by atoms with E-state index in [2.05, 4.69) is 5.32 Å². The van der Waals surface area contributed by atoms with Crippen LogP contribution in [-0.4, -0.2) is 5.91 Å². The van der Waals surface area contributed by atoms with E-state index in [1.807, 2.05) is 12.1 Å². The zero-order chi connectivity index (χ0) is 13.1. The molecule has 1 heterocycles. The number of rotatable bonds is 2. The molecule has 3 unspecified atom stereocenters. The summed E-state index contributed by atoms with van der Waals surface area (Å²) in [5.41, 5.74) is 2.89. The third-order valence-electron chi connectivity index (χ3n) is 4.96. The molecule has 0 radical (unpaired) electrons. The highest BCUT2D eigenvalue weighted by atomic mass is 35.5. The highest BCUT2D eigenvalue weighted by Gasteiger charge is 2.56. The van der Waals surface area contributed by atoms with Crippen LogP contribution >= 0.6 is 23.2 Å². The van der Waals surface area contributed by atoms with E-state index >= 15 is 0 Å². The van der Waals surface area contributed by atoms with Gasteiger partial charge in [0, 0.05) is 10.7 Å². The standard InChI is InChI=1S/C15H15Cl2NO/c16-11-6-12-7(5-13(19)18-12)4-10(11)15(17)14-8-2-1-3-9(8)14/h4,6,8-9,14-15H,1-3,5H2,(H,18,19). The number of benzene rings is 1. The molecular weight excluding hydrogens is 281 g/mol. The molecule has 4 heteroatoms. The van der Waals surface area contributed by atoms with Gasteiger partial charge in [-0.25, -0.2) is 0 Å². The van der Waals surface area contributed by atoms with Crippen molar-refractivity contribution in [2.24, 2.45) is 17.8 Å². The maximum atomic E-state index is 11.4. The Bertz CT molecular complexity index is 562. The Labute approximate surface area is 122 Å². The minimum Gasteiger partial charge on any atom is -0.325 e. The van der Waals surface area contributed by atoms with Gasteiger partial charge < -0.3 is 5.32 Å². The normalized spacial score (nSPS) is 32.7. The molecule has 1 aromatic carbocycles. The van der Waals surface area contributed by atoms with Gasteiger partial charge in [-0.3, -0.25) is 4.79 Å². The van der Waals surface area contributed by atoms with E-state index in [1.54, 1.807) is 0 Å². The Hall–Kier alpha value is -0.730. The number of fused-ring (bicyclic) bond motifs is 2. The van der Waals surface area contributed by atoms with Gasteiger partial charge in [0.15, 0.2) is 0 Å². The third kappa shape index (κ3) is 1.80. The predicted octanol–water partition coefficient (Wildman–Crippen LogP) is 4.16. The first-order chi connectivity index (χ1) is 9.15. The molecule has 2 nitrogen and oxygen atoms in total. The summed E-state index contributed by atoms with van der Waals surface area (Å²) in [6.45, 7) is 0. The van der Waals surface area contributed by atoms with E-state index in [4.69, 9.17) is 23.2 Å². The zero-order valence-corrected chi connectivity index (χ0v) is 12.0. The molecule has 1 amide bonds. The van der Waals surface area contributed by atoms with Gasteiger partial charge in [-0.15, -0.1) is 11.6 Å². The monoisotopic (exact) mass is 295 g/mol. The van der Waals surface area contributed by atoms with Gasteiger partial charge in [0.25, 0.3) is 0 Å². The van der Waals surface area contributed by atoms with E-state index in [1.165, 1.54) is 19.3 Å². The molecule has 19 heavy (non-hydrogen) atoms. The summed E-state index contributed by atoms with van der Waals surface area (Å²) < 4.78 is 0. The van der Waals surface area contributed by atoms with Crippen molar-refractivity contribution >= 4 is 34.8 Å². The smallest absolute Gasteiger partial charge is 0.228 e. The van der Waals surface area contributed by atoms with Gasteiger partial charge in [-0.05, 0) is 47.8 Å². The van der Waals surface area contributed by atoms with Crippen molar-refractivity contribution in [2.45, 2.75) is 31.1 Å². The van der Waals surface area contributed by atoms with Gasteiger partial charge in [0.1, 0.15) is 0 Å². The molecule has 2 fully saturated rings. The van der Waals surface area contributed by atoms with Gasteiger partial charge in [0.05, 0.1) is 11.8 Å². The minimum atomic E-state index is 0.00352. The summed E-state index contributed by atoms with van der Waals surface area (Å²) in [5.74, 6) is 2.26. The second-order valence-electron chi connectivity index (χ2n) is 5.99. The molecule has 100 valence electrons. The molecule has 3 aliphatic rings. The summed E-state index contributed by atoms with van der Waals surface area (Å²) in [4.78, 5) is 11.4. The van der Waals surface area contributed by atoms with Gasteiger partial charge in [-0.1, -0.05) is 24.1 Å². The number of alkyl halides is 1. The molecule has 0 aromatic heterocycles. The third-order valence-corrected chi connectivity index (χ3v) is 5.81. The average molecular weight is 296 g/mol. The van der Waals surface area contributed by atoms with E-state index in [0.29, 0.717) is 17.4 Å². The fourth-order valence-corrected chi connectivity index (χ4v) is 4.89. The molecule has 0 spiro atoms. The number of anilines is 1. The number of halogens is 2. The van der Waals surface area contributed by atoms with Gasteiger partial charge in [0.2, 0.25) is 5.91 Å². The van der Waals surface area contributed by atoms with Crippen molar-refractivity contribution in [3.8, 4) is 0 Å². The van der Waals surface area contributed by atoms with Crippen LogP contribution in [-0.2, 0) is 11.2 Å². The van der Waals surface area contributed by atoms with E-state index < -0.39 is 0 Å². The van der Waals surface area contributed by atoms with Crippen molar-refractivity contribution < 1.29 is 4.79 Å². The first-order valence-corrected chi connectivity index (χ1v) is 7.73. The lowest BCUT2D eigenvalue weighted by molar-refractivity contribution is -0.115. The van der Waals surface area contributed by atoms with Crippen LogP contribution in [0.3, 0.4) is 0 Å². The molecule has 2 aliphatic carbocycles. The Morgan fingerprint density at radius 2 is 2.00 bits per heavy atom. The summed E-state index contributed by atoms with van der Waals surface area (Å²) >= 11 is 13.0. The summed E-state index contributed by atoms with van der Waals surface area (Å²) in [5, 5.41) is 3.51. The summed E-state index contributed by atoms with van der Waals surface area (Å²) in [6.07, 6.45) is 4.44. The van der Waals surface area contributed by atoms with Crippen molar-refractivity contribution in [1.82, 2.24) is 0 Å². The maximum Gasteiger partial charge on any atom is 0.228 e. The first kappa shape index (κ1) is 12.0. The lowest BCUT2D eigenvalue weighted by Crippen LogP contribution is -2.03. The molecule has 0 bridgehead atoms. The number of carbonyl (C=O) groups excluding carboxylic acids is 1. The topological polar surface area (TPSA) is 29.1 Å². The van der Waals surface area contributed by atoms with Crippen LogP contribution < -0.4 is 5.32 Å². The van der Waals surface area contributed by atoms with Crippen molar-refractivity contribution in [2.75, 3.05) is 5.32 Å². The molecule has 4 rings (SSSR count). The Morgan fingerprint density at radius 1 is 1.26 bits per heavy atom. The molecule has 1 N–H and O–H groups in total. The minimum absolute atomic E-state index is 0.00352. The van der Waals surface area contributed by atoms with Crippen LogP contribution in [0.25, 0.3) is 0 Å². The van der Waals surface area contributed by atoms with Crippen LogP contribution in [0, 0.1) is 17.8 Å². The van der Waals surface area contributed by atoms with Gasteiger partial charge >= 0.3 is 0 Å². The second kappa shape index (κ2) is 4.13. The summed E-state index contributed by atoms with van der Waals surface area (Å²) in [6, 6.07) is 3.88. The average Bonchev–Trinajstić information content (AvgIpc) is 2.72. The molecular formula is C15H15Cl2NO. The van der Waals surface area contributed by atoms with Crippen LogP contribution in [0.4, 0.5) is 5.69 Å². The second-order valence-corrected chi connectivity index (χ2v) is 6.87. The largest absolute Gasteiger partial charge is 0.325 e. The van der Waals surface area contributed by atoms with Gasteiger partial charge in [-0.2, -0.15) is 0 Å². The summed E-state index contributed by atoms with van der Waals surface area (Å²) in [7, 11) is 0.